The highest BCUT2D eigenvalue weighted by atomic mass is 16.2. The van der Waals surface area contributed by atoms with Gasteiger partial charge in [0, 0.05) is 6.04 Å². The molecule has 2 aromatic rings. The van der Waals surface area contributed by atoms with Crippen LogP contribution in [0.1, 0.15) is 38.5 Å². The maximum atomic E-state index is 12.2. The van der Waals surface area contributed by atoms with Gasteiger partial charge in [-0.05, 0) is 12.8 Å². The molecular formula is C14H20N6O. The van der Waals surface area contributed by atoms with Crippen LogP contribution in [-0.2, 0) is 11.3 Å². The molecule has 0 aromatic carbocycles. The first-order valence-corrected chi connectivity index (χ1v) is 7.44. The summed E-state index contributed by atoms with van der Waals surface area (Å²) in [5.74, 6) is 0.335. The van der Waals surface area contributed by atoms with Crippen molar-refractivity contribution in [2.45, 2.75) is 51.1 Å². The lowest BCUT2D eigenvalue weighted by atomic mass is 10.1. The molecule has 0 spiro atoms. The van der Waals surface area contributed by atoms with Crippen LogP contribution in [-0.4, -0.2) is 31.5 Å². The van der Waals surface area contributed by atoms with Crippen molar-refractivity contribution in [1.29, 1.82) is 0 Å². The predicted octanol–water partition coefficient (Wildman–Crippen LogP) is 1.25. The Morgan fingerprint density at radius 1 is 1.24 bits per heavy atom. The summed E-state index contributed by atoms with van der Waals surface area (Å²) in [6, 6.07) is 0.300. The van der Waals surface area contributed by atoms with Crippen LogP contribution < -0.4 is 11.1 Å². The molecule has 0 unspecified atom stereocenters. The molecule has 2 aromatic heterocycles. The molecule has 0 aliphatic heterocycles. The number of nitrogens with zero attached hydrogens (tertiary/aromatic N) is 4. The largest absolute Gasteiger partial charge is 0.382 e. The van der Waals surface area contributed by atoms with Crippen molar-refractivity contribution in [3.63, 3.8) is 0 Å². The molecule has 112 valence electrons. The first kappa shape index (κ1) is 13.8. The molecule has 7 nitrogen and oxygen atoms in total. The third kappa shape index (κ3) is 3.12. The molecule has 1 amide bonds. The van der Waals surface area contributed by atoms with Gasteiger partial charge in [-0.1, -0.05) is 25.7 Å². The molecule has 0 bridgehead atoms. The van der Waals surface area contributed by atoms with Crippen LogP contribution in [0.15, 0.2) is 12.7 Å². The molecule has 7 heteroatoms. The monoisotopic (exact) mass is 288 g/mol. The zero-order chi connectivity index (χ0) is 14.7. The normalized spacial score (nSPS) is 16.8. The van der Waals surface area contributed by atoms with Gasteiger partial charge >= 0.3 is 0 Å². The Morgan fingerprint density at radius 2 is 2.00 bits per heavy atom. The Balaban J connectivity index is 1.67. The lowest BCUT2D eigenvalue weighted by Crippen LogP contribution is -2.36. The first-order valence-electron chi connectivity index (χ1n) is 7.44. The number of aromatic nitrogens is 4. The quantitative estimate of drug-likeness (QED) is 0.828. The van der Waals surface area contributed by atoms with Gasteiger partial charge in [0.15, 0.2) is 11.5 Å². The fourth-order valence-electron chi connectivity index (χ4n) is 2.87. The topological polar surface area (TPSA) is 98.7 Å². The summed E-state index contributed by atoms with van der Waals surface area (Å²) in [6.45, 7) is 0.212. The summed E-state index contributed by atoms with van der Waals surface area (Å²) in [5.41, 5.74) is 6.88. The maximum Gasteiger partial charge on any atom is 0.240 e. The molecule has 1 aliphatic carbocycles. The van der Waals surface area contributed by atoms with Crippen LogP contribution in [0.25, 0.3) is 11.2 Å². The van der Waals surface area contributed by atoms with Gasteiger partial charge in [0.05, 0.1) is 6.33 Å². The molecular weight excluding hydrogens is 268 g/mol. The minimum Gasteiger partial charge on any atom is -0.382 e. The van der Waals surface area contributed by atoms with Gasteiger partial charge in [-0.25, -0.2) is 15.0 Å². The number of anilines is 1. The van der Waals surface area contributed by atoms with Gasteiger partial charge in [-0.2, -0.15) is 0 Å². The van der Waals surface area contributed by atoms with E-state index in [0.717, 1.165) is 12.8 Å². The highest BCUT2D eigenvalue weighted by Gasteiger charge is 2.16. The first-order chi connectivity index (χ1) is 10.2. The van der Waals surface area contributed by atoms with E-state index in [9.17, 15) is 4.79 Å². The van der Waals surface area contributed by atoms with E-state index in [4.69, 9.17) is 5.73 Å². The zero-order valence-corrected chi connectivity index (χ0v) is 12.0. The smallest absolute Gasteiger partial charge is 0.240 e. The number of nitrogens with two attached hydrogens (primary N) is 1. The number of fused-ring (bicyclic) bond motifs is 1. The molecule has 1 saturated carbocycles. The van der Waals surface area contributed by atoms with Crippen molar-refractivity contribution in [2.24, 2.45) is 0 Å². The summed E-state index contributed by atoms with van der Waals surface area (Å²) in [4.78, 5) is 24.4. The second-order valence-corrected chi connectivity index (χ2v) is 5.56. The minimum absolute atomic E-state index is 0.00150. The fourth-order valence-corrected chi connectivity index (χ4v) is 2.87. The third-order valence-electron chi connectivity index (χ3n) is 3.96. The number of nitrogen functional groups attached to an aromatic ring is 1. The molecule has 0 radical (unpaired) electrons. The molecule has 0 atom stereocenters. The Kier molecular flexibility index (Phi) is 3.98. The number of carbonyl (C=O) groups is 1. The summed E-state index contributed by atoms with van der Waals surface area (Å²) in [6.07, 6.45) is 10.1. The Bertz CT molecular complexity index is 629. The average Bonchev–Trinajstić information content (AvgIpc) is 2.70. The Labute approximate surface area is 123 Å². The van der Waals surface area contributed by atoms with Crippen LogP contribution >= 0.6 is 0 Å². The number of amides is 1. The van der Waals surface area contributed by atoms with E-state index in [1.54, 1.807) is 10.9 Å². The maximum absolute atomic E-state index is 12.2. The van der Waals surface area contributed by atoms with E-state index in [1.807, 2.05) is 0 Å². The molecule has 1 aliphatic rings. The Morgan fingerprint density at radius 3 is 2.76 bits per heavy atom. The zero-order valence-electron chi connectivity index (χ0n) is 12.0. The SMILES string of the molecule is Nc1ncnc2c1ncn2CC(=O)NC1CCCCCC1. The predicted molar refractivity (Wildman–Crippen MR) is 79.4 cm³/mol. The summed E-state index contributed by atoms with van der Waals surface area (Å²) < 4.78 is 1.71. The minimum atomic E-state index is -0.00150. The van der Waals surface area contributed by atoms with Crippen LogP contribution in [0.4, 0.5) is 5.82 Å². The lowest BCUT2D eigenvalue weighted by molar-refractivity contribution is -0.122. The van der Waals surface area contributed by atoms with Gasteiger partial charge in [-0.3, -0.25) is 4.79 Å². The van der Waals surface area contributed by atoms with Gasteiger partial charge in [0.1, 0.15) is 18.4 Å². The fraction of sp³-hybridized carbons (Fsp3) is 0.571. The van der Waals surface area contributed by atoms with Crippen LogP contribution in [0.3, 0.4) is 0 Å². The number of imidazole rings is 1. The van der Waals surface area contributed by atoms with E-state index >= 15 is 0 Å². The van der Waals surface area contributed by atoms with Gasteiger partial charge in [-0.15, -0.1) is 0 Å². The van der Waals surface area contributed by atoms with Crippen molar-refractivity contribution in [2.75, 3.05) is 5.73 Å². The molecule has 0 saturated heterocycles. The van der Waals surface area contributed by atoms with Crippen molar-refractivity contribution in [3.8, 4) is 0 Å². The molecule has 1 fully saturated rings. The van der Waals surface area contributed by atoms with E-state index in [-0.39, 0.29) is 12.5 Å². The summed E-state index contributed by atoms with van der Waals surface area (Å²) in [5, 5.41) is 3.11. The van der Waals surface area contributed by atoms with Gasteiger partial charge in [0.25, 0.3) is 0 Å². The highest BCUT2D eigenvalue weighted by Crippen LogP contribution is 2.17. The standard InChI is InChI=1S/C14H20N6O/c15-13-12-14(17-8-16-13)20(9-18-12)7-11(21)19-10-5-3-1-2-4-6-10/h8-10H,1-7H2,(H,19,21)(H2,15,16,17). The van der Waals surface area contributed by atoms with Crippen molar-refractivity contribution in [1.82, 2.24) is 24.8 Å². The van der Waals surface area contributed by atoms with Gasteiger partial charge < -0.3 is 15.6 Å². The molecule has 3 N–H and O–H groups in total. The van der Waals surface area contributed by atoms with Crippen LogP contribution in [0.5, 0.6) is 0 Å². The van der Waals surface area contributed by atoms with Crippen LogP contribution in [0, 0.1) is 0 Å². The molecule has 21 heavy (non-hydrogen) atoms. The van der Waals surface area contributed by atoms with Crippen molar-refractivity contribution < 1.29 is 4.79 Å². The third-order valence-corrected chi connectivity index (χ3v) is 3.96. The van der Waals surface area contributed by atoms with Crippen LogP contribution in [0.2, 0.25) is 0 Å². The number of rotatable bonds is 3. The van der Waals surface area contributed by atoms with Crippen molar-refractivity contribution >= 4 is 22.9 Å². The summed E-state index contributed by atoms with van der Waals surface area (Å²) in [7, 11) is 0. The number of hydrogen-bond donors (Lipinski definition) is 2. The number of carbonyl (C=O) groups excluding carboxylic acids is 1. The second-order valence-electron chi connectivity index (χ2n) is 5.56. The number of hydrogen-bond acceptors (Lipinski definition) is 5. The average molecular weight is 288 g/mol. The lowest BCUT2D eigenvalue weighted by Gasteiger charge is -2.16. The second kappa shape index (κ2) is 6.07. The van der Waals surface area contributed by atoms with E-state index in [0.29, 0.717) is 23.0 Å². The van der Waals surface area contributed by atoms with E-state index < -0.39 is 0 Å². The van der Waals surface area contributed by atoms with E-state index in [2.05, 4.69) is 20.3 Å². The molecule has 3 rings (SSSR count). The summed E-state index contributed by atoms with van der Waals surface area (Å²) >= 11 is 0. The Hall–Kier alpha value is -2.18. The van der Waals surface area contributed by atoms with Crippen molar-refractivity contribution in [3.05, 3.63) is 12.7 Å². The van der Waals surface area contributed by atoms with E-state index in [1.165, 1.54) is 32.0 Å². The molecule has 2 heterocycles. The van der Waals surface area contributed by atoms with Gasteiger partial charge in [0.2, 0.25) is 5.91 Å². The number of nitrogens with one attached hydrogen (secondary N) is 1. The highest BCUT2D eigenvalue weighted by molar-refractivity contribution is 5.83.